The van der Waals surface area contributed by atoms with Crippen LogP contribution in [0.4, 0.5) is 0 Å². The highest BCUT2D eigenvalue weighted by atomic mass is 16.4. The highest BCUT2D eigenvalue weighted by Gasteiger charge is 2.31. The van der Waals surface area contributed by atoms with Crippen LogP contribution < -0.4 is 0 Å². The van der Waals surface area contributed by atoms with E-state index in [-0.39, 0.29) is 11.8 Å². The van der Waals surface area contributed by atoms with Crippen LogP contribution in [0, 0.1) is 11.8 Å². The van der Waals surface area contributed by atoms with Gasteiger partial charge in [-0.2, -0.15) is 5.10 Å². The minimum atomic E-state index is -0.638. The molecule has 4 heteroatoms. The third-order valence-electron chi connectivity index (χ3n) is 3.47. The van der Waals surface area contributed by atoms with E-state index in [9.17, 15) is 4.79 Å². The van der Waals surface area contributed by atoms with E-state index >= 15 is 0 Å². The van der Waals surface area contributed by atoms with Crippen molar-refractivity contribution in [1.82, 2.24) is 9.78 Å². The van der Waals surface area contributed by atoms with Crippen LogP contribution in [0.5, 0.6) is 0 Å². The lowest BCUT2D eigenvalue weighted by Gasteiger charge is -2.27. The average Bonchev–Trinajstić information content (AvgIpc) is 2.64. The molecular formula is C12H18N2O2. The summed E-state index contributed by atoms with van der Waals surface area (Å²) in [5.41, 5.74) is 1.01. The molecule has 1 aromatic heterocycles. The number of hydrogen-bond donors (Lipinski definition) is 1. The van der Waals surface area contributed by atoms with E-state index in [1.165, 1.54) is 0 Å². The number of carboxylic acid groups (broad SMARTS) is 1. The Morgan fingerprint density at radius 1 is 1.56 bits per heavy atom. The lowest BCUT2D eigenvalue weighted by Crippen LogP contribution is -2.28. The first-order valence-electron chi connectivity index (χ1n) is 5.88. The van der Waals surface area contributed by atoms with Gasteiger partial charge in [0, 0.05) is 13.2 Å². The summed E-state index contributed by atoms with van der Waals surface area (Å²) < 4.78 is 1.77. The Bertz CT molecular complexity index is 373. The number of aromatic nitrogens is 2. The summed E-state index contributed by atoms with van der Waals surface area (Å²) in [6, 6.07) is 1.98. The summed E-state index contributed by atoms with van der Waals surface area (Å²) in [6.07, 6.45) is 6.77. The number of carbonyl (C=O) groups is 1. The van der Waals surface area contributed by atoms with E-state index in [1.807, 2.05) is 19.3 Å². The van der Waals surface area contributed by atoms with Crippen LogP contribution in [-0.2, 0) is 18.3 Å². The summed E-state index contributed by atoms with van der Waals surface area (Å²) in [5, 5.41) is 13.5. The standard InChI is InChI=1S/C12H18N2O2/c1-14-7-6-10(13-14)8-9-4-2-3-5-11(9)12(15)16/h6-7,9,11H,2-5,8H2,1H3,(H,15,16). The van der Waals surface area contributed by atoms with Gasteiger partial charge in [-0.1, -0.05) is 12.8 Å². The van der Waals surface area contributed by atoms with Gasteiger partial charge < -0.3 is 5.11 Å². The smallest absolute Gasteiger partial charge is 0.306 e. The molecule has 0 radical (unpaired) electrons. The zero-order valence-electron chi connectivity index (χ0n) is 9.59. The summed E-state index contributed by atoms with van der Waals surface area (Å²) in [6.45, 7) is 0. The Balaban J connectivity index is 2.03. The van der Waals surface area contributed by atoms with Crippen molar-refractivity contribution in [3.8, 4) is 0 Å². The molecule has 0 saturated heterocycles. The highest BCUT2D eigenvalue weighted by molar-refractivity contribution is 5.70. The minimum Gasteiger partial charge on any atom is -0.481 e. The van der Waals surface area contributed by atoms with Crippen LogP contribution in [0.1, 0.15) is 31.4 Å². The monoisotopic (exact) mass is 222 g/mol. The summed E-state index contributed by atoms with van der Waals surface area (Å²) in [4.78, 5) is 11.1. The predicted octanol–water partition coefficient (Wildman–Crippen LogP) is 1.85. The summed E-state index contributed by atoms with van der Waals surface area (Å²) in [7, 11) is 1.89. The molecule has 16 heavy (non-hydrogen) atoms. The fourth-order valence-electron chi connectivity index (χ4n) is 2.62. The molecule has 1 fully saturated rings. The molecule has 0 aromatic carbocycles. The van der Waals surface area contributed by atoms with Gasteiger partial charge in [0.1, 0.15) is 0 Å². The van der Waals surface area contributed by atoms with Crippen LogP contribution in [0.15, 0.2) is 12.3 Å². The van der Waals surface area contributed by atoms with Gasteiger partial charge in [-0.25, -0.2) is 0 Å². The van der Waals surface area contributed by atoms with Gasteiger partial charge in [0.25, 0.3) is 0 Å². The van der Waals surface area contributed by atoms with Crippen LogP contribution >= 0.6 is 0 Å². The maximum Gasteiger partial charge on any atom is 0.306 e. The summed E-state index contributed by atoms with van der Waals surface area (Å²) >= 11 is 0. The lowest BCUT2D eigenvalue weighted by atomic mass is 9.77. The number of hydrogen-bond acceptors (Lipinski definition) is 2. The van der Waals surface area contributed by atoms with Gasteiger partial charge in [0.15, 0.2) is 0 Å². The van der Waals surface area contributed by atoms with Gasteiger partial charge in [-0.05, 0) is 31.2 Å². The Labute approximate surface area is 95.3 Å². The summed E-state index contributed by atoms with van der Waals surface area (Å²) in [5.74, 6) is -0.544. The number of aryl methyl sites for hydroxylation is 1. The average molecular weight is 222 g/mol. The lowest BCUT2D eigenvalue weighted by molar-refractivity contribution is -0.144. The number of rotatable bonds is 3. The SMILES string of the molecule is Cn1ccc(CC2CCCCC2C(=O)O)n1. The third-order valence-corrected chi connectivity index (χ3v) is 3.47. The highest BCUT2D eigenvalue weighted by Crippen LogP contribution is 2.32. The normalized spacial score (nSPS) is 25.6. The van der Waals surface area contributed by atoms with Crippen molar-refractivity contribution in [2.24, 2.45) is 18.9 Å². The van der Waals surface area contributed by atoms with Crippen molar-refractivity contribution < 1.29 is 9.90 Å². The second kappa shape index (κ2) is 4.68. The van der Waals surface area contributed by atoms with Crippen molar-refractivity contribution in [2.45, 2.75) is 32.1 Å². The van der Waals surface area contributed by atoms with Gasteiger partial charge in [0.2, 0.25) is 0 Å². The van der Waals surface area contributed by atoms with Crippen LogP contribution in [0.2, 0.25) is 0 Å². The first kappa shape index (κ1) is 11.2. The van der Waals surface area contributed by atoms with E-state index in [0.717, 1.165) is 37.8 Å². The molecule has 2 unspecified atom stereocenters. The molecule has 1 aromatic rings. The number of nitrogens with zero attached hydrogens (tertiary/aromatic N) is 2. The molecule has 2 atom stereocenters. The molecule has 88 valence electrons. The van der Waals surface area contributed by atoms with E-state index in [1.54, 1.807) is 4.68 Å². The van der Waals surface area contributed by atoms with Gasteiger partial charge in [-0.15, -0.1) is 0 Å². The minimum absolute atomic E-state index is 0.171. The number of carboxylic acids is 1. The largest absolute Gasteiger partial charge is 0.481 e. The molecule has 0 amide bonds. The van der Waals surface area contributed by atoms with Crippen LogP contribution in [0.3, 0.4) is 0 Å². The zero-order chi connectivity index (χ0) is 11.5. The van der Waals surface area contributed by atoms with Gasteiger partial charge in [0.05, 0.1) is 11.6 Å². The molecule has 1 aliphatic rings. The van der Waals surface area contributed by atoms with E-state index in [2.05, 4.69) is 5.10 Å². The maximum atomic E-state index is 11.1. The van der Waals surface area contributed by atoms with Gasteiger partial charge >= 0.3 is 5.97 Å². The Hall–Kier alpha value is -1.32. The van der Waals surface area contributed by atoms with Crippen molar-refractivity contribution in [2.75, 3.05) is 0 Å². The van der Waals surface area contributed by atoms with Crippen molar-refractivity contribution in [3.63, 3.8) is 0 Å². The first-order chi connectivity index (χ1) is 7.66. The fourth-order valence-corrected chi connectivity index (χ4v) is 2.62. The Morgan fingerprint density at radius 3 is 2.94 bits per heavy atom. The molecule has 1 aliphatic carbocycles. The molecule has 0 bridgehead atoms. The van der Waals surface area contributed by atoms with Crippen LogP contribution in [0.25, 0.3) is 0 Å². The van der Waals surface area contributed by atoms with Crippen LogP contribution in [-0.4, -0.2) is 20.9 Å². The molecule has 2 rings (SSSR count). The molecule has 1 heterocycles. The van der Waals surface area contributed by atoms with E-state index < -0.39 is 5.97 Å². The molecular weight excluding hydrogens is 204 g/mol. The van der Waals surface area contributed by atoms with Crippen molar-refractivity contribution in [1.29, 1.82) is 0 Å². The predicted molar refractivity (Wildman–Crippen MR) is 60.0 cm³/mol. The number of aliphatic carboxylic acids is 1. The van der Waals surface area contributed by atoms with E-state index in [0.29, 0.717) is 0 Å². The maximum absolute atomic E-state index is 11.1. The molecule has 1 saturated carbocycles. The fraction of sp³-hybridized carbons (Fsp3) is 0.667. The van der Waals surface area contributed by atoms with Crippen molar-refractivity contribution in [3.05, 3.63) is 18.0 Å². The molecule has 0 spiro atoms. The quantitative estimate of drug-likeness (QED) is 0.849. The Morgan fingerprint density at radius 2 is 2.31 bits per heavy atom. The Kier molecular flexibility index (Phi) is 3.27. The molecule has 0 aliphatic heterocycles. The first-order valence-corrected chi connectivity index (χ1v) is 5.88. The zero-order valence-corrected chi connectivity index (χ0v) is 9.59. The van der Waals surface area contributed by atoms with Gasteiger partial charge in [-0.3, -0.25) is 9.48 Å². The van der Waals surface area contributed by atoms with E-state index in [4.69, 9.17) is 5.11 Å². The molecule has 1 N–H and O–H groups in total. The second-order valence-corrected chi connectivity index (χ2v) is 4.67. The third kappa shape index (κ3) is 2.43. The topological polar surface area (TPSA) is 55.1 Å². The van der Waals surface area contributed by atoms with Crippen molar-refractivity contribution >= 4 is 5.97 Å². The molecule has 4 nitrogen and oxygen atoms in total. The second-order valence-electron chi connectivity index (χ2n) is 4.67.